The highest BCUT2D eigenvalue weighted by molar-refractivity contribution is 7.89. The van der Waals surface area contributed by atoms with E-state index in [9.17, 15) is 23.3 Å². The van der Waals surface area contributed by atoms with Gasteiger partial charge in [0.1, 0.15) is 16.5 Å². The van der Waals surface area contributed by atoms with E-state index in [1.54, 1.807) is 67.8 Å². The number of anilines is 1. The second-order valence-corrected chi connectivity index (χ2v) is 10.3. The number of thiazole rings is 1. The molecule has 9 nitrogen and oxygen atoms in total. The Bertz CT molecular complexity index is 1780. The third-order valence-corrected chi connectivity index (χ3v) is 7.27. The minimum atomic E-state index is -3.90. The van der Waals surface area contributed by atoms with Gasteiger partial charge in [0, 0.05) is 5.69 Å². The van der Waals surface area contributed by atoms with Crippen LogP contribution in [-0.4, -0.2) is 26.0 Å². The molecule has 11 heteroatoms. The second kappa shape index (κ2) is 10.6. The third-order valence-electron chi connectivity index (χ3n) is 5.25. The van der Waals surface area contributed by atoms with Crippen molar-refractivity contribution in [1.82, 2.24) is 4.57 Å². The summed E-state index contributed by atoms with van der Waals surface area (Å²) < 4.78 is 29.9. The summed E-state index contributed by atoms with van der Waals surface area (Å²) in [6.07, 6.45) is 1.67. The Morgan fingerprint density at radius 3 is 2.27 bits per heavy atom. The van der Waals surface area contributed by atoms with Crippen LogP contribution in [0.5, 0.6) is 5.75 Å². The van der Waals surface area contributed by atoms with E-state index in [0.29, 0.717) is 16.0 Å². The molecule has 0 fully saturated rings. The smallest absolute Gasteiger partial charge is 0.273 e. The van der Waals surface area contributed by atoms with Gasteiger partial charge in [-0.25, -0.2) is 13.6 Å². The van der Waals surface area contributed by atoms with Crippen LogP contribution in [0.4, 0.5) is 5.69 Å². The van der Waals surface area contributed by atoms with Crippen molar-refractivity contribution in [3.8, 4) is 17.5 Å². The van der Waals surface area contributed by atoms with Crippen molar-refractivity contribution in [3.05, 3.63) is 104 Å². The first kappa shape index (κ1) is 25.6. The first-order valence-electron chi connectivity index (χ1n) is 10.7. The lowest BCUT2D eigenvalue weighted by Gasteiger charge is -2.06. The first-order valence-corrected chi connectivity index (χ1v) is 13.1. The predicted octanol–water partition coefficient (Wildman–Crippen LogP) is 1.70. The van der Waals surface area contributed by atoms with E-state index in [2.05, 4.69) is 5.32 Å². The number of sulfonamides is 1. The normalized spacial score (nSPS) is 12.5. The highest BCUT2D eigenvalue weighted by Gasteiger charge is 2.18. The Kier molecular flexibility index (Phi) is 7.35. The molecule has 0 radical (unpaired) electrons. The van der Waals surface area contributed by atoms with Crippen LogP contribution < -0.4 is 29.9 Å². The molecule has 0 aliphatic rings. The maximum atomic E-state index is 13.4. The second-order valence-electron chi connectivity index (χ2n) is 7.68. The number of amides is 1. The van der Waals surface area contributed by atoms with E-state index in [4.69, 9.17) is 9.88 Å². The Morgan fingerprint density at radius 2 is 1.70 bits per heavy atom. The van der Waals surface area contributed by atoms with Crippen LogP contribution in [0.1, 0.15) is 5.56 Å². The van der Waals surface area contributed by atoms with Gasteiger partial charge >= 0.3 is 0 Å². The summed E-state index contributed by atoms with van der Waals surface area (Å²) in [6, 6.07) is 22.9. The molecule has 0 aliphatic heterocycles. The Morgan fingerprint density at radius 1 is 1.05 bits per heavy atom. The Labute approximate surface area is 216 Å². The van der Waals surface area contributed by atoms with Gasteiger partial charge in [0.15, 0.2) is 5.57 Å². The van der Waals surface area contributed by atoms with E-state index in [-0.39, 0.29) is 26.4 Å². The molecule has 0 bridgehead atoms. The number of benzene rings is 3. The van der Waals surface area contributed by atoms with Crippen molar-refractivity contribution in [3.63, 3.8) is 0 Å². The Balaban J connectivity index is 1.86. The quantitative estimate of drug-likeness (QED) is 0.387. The van der Waals surface area contributed by atoms with Gasteiger partial charge in [-0.15, -0.1) is 11.3 Å². The van der Waals surface area contributed by atoms with Gasteiger partial charge in [-0.1, -0.05) is 30.3 Å². The number of aromatic nitrogens is 1. The molecule has 1 heterocycles. The van der Waals surface area contributed by atoms with Crippen LogP contribution in [0.3, 0.4) is 0 Å². The average molecular weight is 533 g/mol. The zero-order valence-electron chi connectivity index (χ0n) is 19.4. The van der Waals surface area contributed by atoms with Crippen LogP contribution in [0.25, 0.3) is 17.3 Å². The molecule has 3 aromatic carbocycles. The van der Waals surface area contributed by atoms with E-state index in [1.165, 1.54) is 28.8 Å². The number of methoxy groups -OCH3 is 1. The molecule has 0 aliphatic carbocycles. The number of nitrogens with two attached hydrogens (primary N) is 1. The molecule has 0 saturated heterocycles. The molecule has 0 spiro atoms. The zero-order valence-corrected chi connectivity index (χ0v) is 21.0. The summed E-state index contributed by atoms with van der Waals surface area (Å²) in [5.74, 6) is -0.0904. The molecule has 3 N–H and O–H groups in total. The number of carbonyl (C=O) groups excluding carboxylic acids is 1. The van der Waals surface area contributed by atoms with E-state index in [1.807, 2.05) is 6.07 Å². The summed E-state index contributed by atoms with van der Waals surface area (Å²) in [5.41, 5.74) is 0.811. The van der Waals surface area contributed by atoms with Crippen LogP contribution in [0.2, 0.25) is 0 Å². The minimum Gasteiger partial charge on any atom is -0.497 e. The number of rotatable bonds is 6. The number of nitrogens with zero attached hydrogens (tertiary/aromatic N) is 2. The molecule has 4 rings (SSSR count). The fourth-order valence-electron chi connectivity index (χ4n) is 3.43. The number of nitriles is 1. The van der Waals surface area contributed by atoms with Gasteiger partial charge in [0.05, 0.1) is 22.2 Å². The molecule has 186 valence electrons. The first-order chi connectivity index (χ1) is 17.7. The maximum Gasteiger partial charge on any atom is 0.273 e. The van der Waals surface area contributed by atoms with E-state index in [0.717, 1.165) is 16.9 Å². The third kappa shape index (κ3) is 5.68. The zero-order chi connectivity index (χ0) is 26.6. The summed E-state index contributed by atoms with van der Waals surface area (Å²) in [7, 11) is -2.34. The monoisotopic (exact) mass is 532 g/mol. The summed E-state index contributed by atoms with van der Waals surface area (Å²) in [5, 5.41) is 17.6. The molecule has 1 aromatic heterocycles. The molecule has 0 atom stereocenters. The van der Waals surface area contributed by atoms with Gasteiger partial charge in [-0.3, -0.25) is 14.2 Å². The van der Waals surface area contributed by atoms with Crippen molar-refractivity contribution >= 4 is 44.6 Å². The topological polar surface area (TPSA) is 144 Å². The number of carbonyl (C=O) groups is 1. The van der Waals surface area contributed by atoms with Crippen molar-refractivity contribution in [2.45, 2.75) is 4.90 Å². The lowest BCUT2D eigenvalue weighted by molar-refractivity contribution is -0.111. The van der Waals surface area contributed by atoms with Crippen LogP contribution in [0, 0.1) is 11.3 Å². The number of hydrogen-bond acceptors (Lipinski definition) is 7. The van der Waals surface area contributed by atoms with Crippen molar-refractivity contribution < 1.29 is 17.9 Å². The van der Waals surface area contributed by atoms with Crippen LogP contribution in [0.15, 0.2) is 88.6 Å². The fourth-order valence-corrected chi connectivity index (χ4v) is 5.05. The highest BCUT2D eigenvalue weighted by Crippen LogP contribution is 2.14. The molecule has 0 unspecified atom stereocenters. The van der Waals surface area contributed by atoms with Crippen LogP contribution >= 0.6 is 11.3 Å². The van der Waals surface area contributed by atoms with Gasteiger partial charge in [0.25, 0.3) is 11.5 Å². The number of primary sulfonamides is 1. The molecule has 4 aromatic rings. The van der Waals surface area contributed by atoms with Crippen molar-refractivity contribution in [2.24, 2.45) is 5.14 Å². The van der Waals surface area contributed by atoms with Crippen molar-refractivity contribution in [2.75, 3.05) is 12.4 Å². The van der Waals surface area contributed by atoms with Gasteiger partial charge in [-0.05, 0) is 60.2 Å². The molecule has 1 amide bonds. The summed E-state index contributed by atoms with van der Waals surface area (Å²) in [4.78, 5) is 26.4. The highest BCUT2D eigenvalue weighted by atomic mass is 32.2. The lowest BCUT2D eigenvalue weighted by atomic mass is 10.2. The summed E-state index contributed by atoms with van der Waals surface area (Å²) in [6.45, 7) is 0. The fraction of sp³-hybridized carbons (Fsp3) is 0.0385. The number of hydrogen-bond donors (Lipinski definition) is 2. The van der Waals surface area contributed by atoms with E-state index >= 15 is 0 Å². The molecule has 37 heavy (non-hydrogen) atoms. The number of para-hydroxylation sites is 1. The van der Waals surface area contributed by atoms with Crippen LogP contribution in [-0.2, 0) is 14.8 Å². The van der Waals surface area contributed by atoms with Gasteiger partial charge in [-0.2, -0.15) is 5.26 Å². The maximum absolute atomic E-state index is 13.4. The Hall–Kier alpha value is -4.50. The number of nitrogens with one attached hydrogen (secondary N) is 1. The predicted molar refractivity (Wildman–Crippen MR) is 141 cm³/mol. The molecular weight excluding hydrogens is 512 g/mol. The minimum absolute atomic E-state index is 0.120. The van der Waals surface area contributed by atoms with E-state index < -0.39 is 15.9 Å². The summed E-state index contributed by atoms with van der Waals surface area (Å²) >= 11 is 1.01. The number of ether oxygens (including phenoxy) is 1. The van der Waals surface area contributed by atoms with Crippen molar-refractivity contribution in [1.29, 1.82) is 5.26 Å². The lowest BCUT2D eigenvalue weighted by Crippen LogP contribution is -2.32. The molecular formula is C26H20N4O5S2. The van der Waals surface area contributed by atoms with Gasteiger partial charge in [0.2, 0.25) is 10.0 Å². The molecule has 0 saturated carbocycles. The standard InChI is InChI=1S/C26H20N4O5S2/c1-35-20-11-7-17(8-12-20)15-23-25(32)30(19-5-3-2-4-6-19)26(36-23)22(16-27)24(31)29-18-9-13-21(14-10-18)37(28,33)34/h2-15H,1H3,(H,29,31)(H2,28,33,34)/b23-15-,26-22-. The average Bonchev–Trinajstić information content (AvgIpc) is 3.20. The SMILES string of the molecule is COc1ccc(/C=c2\s/c(=C(/C#N)C(=O)Nc3ccc(S(N)(=O)=O)cc3)n(-c3ccccc3)c2=O)cc1. The van der Waals surface area contributed by atoms with Gasteiger partial charge < -0.3 is 10.1 Å². The largest absolute Gasteiger partial charge is 0.497 e.